The minimum atomic E-state index is -0.0183. The number of hydrogen-bond donors (Lipinski definition) is 1. The molecule has 0 aliphatic carbocycles. The number of pyridine rings is 1. The Kier molecular flexibility index (Phi) is 4.78. The van der Waals surface area contributed by atoms with E-state index in [1.807, 2.05) is 0 Å². The molecule has 18 heavy (non-hydrogen) atoms. The quantitative estimate of drug-likeness (QED) is 0.794. The molecule has 5 heteroatoms. The average molecular weight is 252 g/mol. The van der Waals surface area contributed by atoms with Gasteiger partial charge in [0.2, 0.25) is 0 Å². The number of aromatic nitrogens is 1. The lowest BCUT2D eigenvalue weighted by Gasteiger charge is -2.22. The van der Waals surface area contributed by atoms with E-state index in [2.05, 4.69) is 0 Å². The maximum atomic E-state index is 11.5. The van der Waals surface area contributed by atoms with Crippen molar-refractivity contribution in [3.05, 3.63) is 28.7 Å². The molecular formula is C13H20N2O3. The number of anilines is 1. The molecule has 1 aliphatic rings. The third kappa shape index (κ3) is 3.85. The zero-order valence-corrected chi connectivity index (χ0v) is 10.5. The van der Waals surface area contributed by atoms with Crippen LogP contribution >= 0.6 is 0 Å². The second-order valence-corrected chi connectivity index (χ2v) is 4.53. The number of rotatable bonds is 5. The lowest BCUT2D eigenvalue weighted by atomic mass is 10.1. The molecule has 1 saturated heterocycles. The zero-order valence-electron chi connectivity index (χ0n) is 10.5. The van der Waals surface area contributed by atoms with Crippen LogP contribution in [0.2, 0.25) is 0 Å². The van der Waals surface area contributed by atoms with Crippen LogP contribution in [-0.2, 0) is 16.0 Å². The van der Waals surface area contributed by atoms with Gasteiger partial charge in [-0.2, -0.15) is 0 Å². The predicted octanol–water partition coefficient (Wildman–Crippen LogP) is 1.02. The predicted molar refractivity (Wildman–Crippen MR) is 69.5 cm³/mol. The van der Waals surface area contributed by atoms with Crippen LogP contribution in [0.25, 0.3) is 0 Å². The van der Waals surface area contributed by atoms with Gasteiger partial charge in [-0.25, -0.2) is 0 Å². The van der Waals surface area contributed by atoms with Crippen LogP contribution < -0.4 is 11.3 Å². The van der Waals surface area contributed by atoms with Gasteiger partial charge in [-0.05, 0) is 25.3 Å². The van der Waals surface area contributed by atoms with E-state index in [0.29, 0.717) is 24.9 Å². The SMILES string of the molecule is Nc1ccc(=O)n(CCCOC2CCOCC2)c1. The highest BCUT2D eigenvalue weighted by atomic mass is 16.5. The van der Waals surface area contributed by atoms with Gasteiger partial charge in [-0.1, -0.05) is 0 Å². The molecule has 0 radical (unpaired) electrons. The second-order valence-electron chi connectivity index (χ2n) is 4.53. The summed E-state index contributed by atoms with van der Waals surface area (Å²) in [7, 11) is 0. The molecule has 1 fully saturated rings. The van der Waals surface area contributed by atoms with Gasteiger partial charge in [-0.3, -0.25) is 4.79 Å². The van der Waals surface area contributed by atoms with Gasteiger partial charge in [-0.15, -0.1) is 0 Å². The molecule has 0 unspecified atom stereocenters. The number of nitrogens with zero attached hydrogens (tertiary/aromatic N) is 1. The lowest BCUT2D eigenvalue weighted by molar-refractivity contribution is -0.0330. The topological polar surface area (TPSA) is 66.5 Å². The smallest absolute Gasteiger partial charge is 0.250 e. The van der Waals surface area contributed by atoms with Gasteiger partial charge >= 0.3 is 0 Å². The van der Waals surface area contributed by atoms with Crippen LogP contribution in [-0.4, -0.2) is 30.5 Å². The van der Waals surface area contributed by atoms with E-state index in [1.54, 1.807) is 16.8 Å². The van der Waals surface area contributed by atoms with Crippen molar-refractivity contribution < 1.29 is 9.47 Å². The van der Waals surface area contributed by atoms with Crippen LogP contribution in [0, 0.1) is 0 Å². The number of aryl methyl sites for hydroxylation is 1. The molecule has 100 valence electrons. The zero-order chi connectivity index (χ0) is 12.8. The number of ether oxygens (including phenoxy) is 2. The molecule has 0 atom stereocenters. The van der Waals surface area contributed by atoms with Crippen LogP contribution in [0.4, 0.5) is 5.69 Å². The summed E-state index contributed by atoms with van der Waals surface area (Å²) in [6.07, 6.45) is 4.75. The van der Waals surface area contributed by atoms with E-state index in [1.165, 1.54) is 6.07 Å². The summed E-state index contributed by atoms with van der Waals surface area (Å²) in [4.78, 5) is 11.5. The van der Waals surface area contributed by atoms with Crippen molar-refractivity contribution in [2.75, 3.05) is 25.6 Å². The van der Waals surface area contributed by atoms with Crippen molar-refractivity contribution >= 4 is 5.69 Å². The van der Waals surface area contributed by atoms with Crippen LogP contribution in [0.5, 0.6) is 0 Å². The average Bonchev–Trinajstić information content (AvgIpc) is 2.40. The normalized spacial score (nSPS) is 16.9. The summed E-state index contributed by atoms with van der Waals surface area (Å²) in [6, 6.07) is 3.12. The molecule has 0 amide bonds. The van der Waals surface area contributed by atoms with Crippen molar-refractivity contribution in [1.29, 1.82) is 0 Å². The Bertz CT molecular complexity index is 424. The Morgan fingerprint density at radius 2 is 2.17 bits per heavy atom. The van der Waals surface area contributed by atoms with Gasteiger partial charge < -0.3 is 19.8 Å². The van der Waals surface area contributed by atoms with Gasteiger partial charge in [0, 0.05) is 44.3 Å². The molecular weight excluding hydrogens is 232 g/mol. The molecule has 0 bridgehead atoms. The van der Waals surface area contributed by atoms with Gasteiger partial charge in [0.15, 0.2) is 0 Å². The number of nitrogens with two attached hydrogens (primary N) is 1. The maximum Gasteiger partial charge on any atom is 0.250 e. The van der Waals surface area contributed by atoms with E-state index in [4.69, 9.17) is 15.2 Å². The highest BCUT2D eigenvalue weighted by Crippen LogP contribution is 2.10. The van der Waals surface area contributed by atoms with Crippen molar-refractivity contribution in [2.45, 2.75) is 31.9 Å². The Labute approximate surface area is 107 Å². The third-order valence-corrected chi connectivity index (χ3v) is 3.07. The van der Waals surface area contributed by atoms with E-state index >= 15 is 0 Å². The summed E-state index contributed by atoms with van der Waals surface area (Å²) in [5.41, 5.74) is 6.24. The Morgan fingerprint density at radius 3 is 2.94 bits per heavy atom. The van der Waals surface area contributed by atoms with Crippen LogP contribution in [0.15, 0.2) is 23.1 Å². The van der Waals surface area contributed by atoms with E-state index in [9.17, 15) is 4.79 Å². The molecule has 5 nitrogen and oxygen atoms in total. The minimum absolute atomic E-state index is 0.0183. The van der Waals surface area contributed by atoms with E-state index in [-0.39, 0.29) is 5.56 Å². The van der Waals surface area contributed by atoms with Crippen molar-refractivity contribution in [3.63, 3.8) is 0 Å². The fourth-order valence-corrected chi connectivity index (χ4v) is 2.05. The lowest BCUT2D eigenvalue weighted by Crippen LogP contribution is -2.25. The molecule has 2 rings (SSSR count). The number of hydrogen-bond acceptors (Lipinski definition) is 4. The molecule has 2 heterocycles. The highest BCUT2D eigenvalue weighted by molar-refractivity contribution is 5.33. The standard InChI is InChI=1S/C13H20N2O3/c14-11-2-3-13(16)15(10-11)6-1-7-18-12-4-8-17-9-5-12/h2-3,10,12H,1,4-9,14H2. The minimum Gasteiger partial charge on any atom is -0.398 e. The molecule has 0 spiro atoms. The second kappa shape index (κ2) is 6.56. The fraction of sp³-hybridized carbons (Fsp3) is 0.615. The number of nitrogen functional groups attached to an aromatic ring is 1. The first-order valence-corrected chi connectivity index (χ1v) is 6.41. The van der Waals surface area contributed by atoms with Gasteiger partial charge in [0.05, 0.1) is 6.10 Å². The molecule has 2 N–H and O–H groups in total. The maximum absolute atomic E-state index is 11.5. The Balaban J connectivity index is 1.71. The van der Waals surface area contributed by atoms with E-state index < -0.39 is 0 Å². The molecule has 0 saturated carbocycles. The summed E-state index contributed by atoms with van der Waals surface area (Å²) < 4.78 is 12.6. The Hall–Kier alpha value is -1.33. The monoisotopic (exact) mass is 252 g/mol. The van der Waals surface area contributed by atoms with Crippen molar-refractivity contribution in [1.82, 2.24) is 4.57 Å². The molecule has 0 aromatic carbocycles. The summed E-state index contributed by atoms with van der Waals surface area (Å²) in [5.74, 6) is 0. The first-order valence-electron chi connectivity index (χ1n) is 6.41. The van der Waals surface area contributed by atoms with Crippen LogP contribution in [0.1, 0.15) is 19.3 Å². The summed E-state index contributed by atoms with van der Waals surface area (Å²) >= 11 is 0. The van der Waals surface area contributed by atoms with Crippen molar-refractivity contribution in [2.24, 2.45) is 0 Å². The summed E-state index contributed by atoms with van der Waals surface area (Å²) in [6.45, 7) is 2.90. The van der Waals surface area contributed by atoms with Crippen LogP contribution in [0.3, 0.4) is 0 Å². The summed E-state index contributed by atoms with van der Waals surface area (Å²) in [5, 5.41) is 0. The third-order valence-electron chi connectivity index (χ3n) is 3.07. The highest BCUT2D eigenvalue weighted by Gasteiger charge is 2.13. The molecule has 1 aliphatic heterocycles. The molecule has 1 aromatic rings. The fourth-order valence-electron chi connectivity index (χ4n) is 2.05. The molecule has 1 aromatic heterocycles. The van der Waals surface area contributed by atoms with Crippen molar-refractivity contribution in [3.8, 4) is 0 Å². The van der Waals surface area contributed by atoms with Gasteiger partial charge in [0.1, 0.15) is 0 Å². The largest absolute Gasteiger partial charge is 0.398 e. The van der Waals surface area contributed by atoms with E-state index in [0.717, 1.165) is 32.5 Å². The van der Waals surface area contributed by atoms with Gasteiger partial charge in [0.25, 0.3) is 5.56 Å². The Morgan fingerprint density at radius 1 is 1.39 bits per heavy atom. The first kappa shape index (κ1) is 13.1. The first-order chi connectivity index (χ1) is 8.75.